The Balaban J connectivity index is 1.31. The van der Waals surface area contributed by atoms with Crippen molar-refractivity contribution < 1.29 is 31.8 Å². The molecule has 0 aromatic heterocycles. The Morgan fingerprint density at radius 2 is 1.24 bits per heavy atom. The predicted molar refractivity (Wildman–Crippen MR) is 153 cm³/mol. The van der Waals surface area contributed by atoms with Gasteiger partial charge in [0.05, 0.1) is 13.2 Å². The Morgan fingerprint density at radius 1 is 0.634 bits per heavy atom. The monoisotopic (exact) mass is 570 g/mol. The lowest BCUT2D eigenvalue weighted by Crippen LogP contribution is -2.16. The van der Waals surface area contributed by atoms with Crippen LogP contribution in [0.15, 0.2) is 60.7 Å². The van der Waals surface area contributed by atoms with E-state index in [1.54, 1.807) is 31.2 Å². The Kier molecular flexibility index (Phi) is 11.1. The fourth-order valence-corrected chi connectivity index (χ4v) is 5.04. The molecular weight excluding hydrogens is 532 g/mol. The number of benzene rings is 3. The first-order chi connectivity index (χ1) is 19.9. The van der Waals surface area contributed by atoms with Crippen molar-refractivity contribution in [2.24, 2.45) is 11.8 Å². The van der Waals surface area contributed by atoms with Crippen LogP contribution in [-0.4, -0.2) is 13.2 Å². The first-order valence-corrected chi connectivity index (χ1v) is 14.5. The molecular formula is C34H38F4O3. The molecule has 0 amide bonds. The molecule has 0 heterocycles. The van der Waals surface area contributed by atoms with Crippen LogP contribution in [-0.2, 0) is 6.61 Å². The van der Waals surface area contributed by atoms with Crippen LogP contribution in [0.5, 0.6) is 17.2 Å². The van der Waals surface area contributed by atoms with E-state index in [0.29, 0.717) is 23.7 Å². The van der Waals surface area contributed by atoms with E-state index < -0.39 is 23.3 Å². The second kappa shape index (κ2) is 14.9. The zero-order chi connectivity index (χ0) is 29.2. The Hall–Kier alpha value is -3.48. The molecule has 0 N–H and O–H groups in total. The van der Waals surface area contributed by atoms with E-state index >= 15 is 0 Å². The third-order valence-electron chi connectivity index (χ3n) is 7.46. The van der Waals surface area contributed by atoms with Crippen molar-refractivity contribution >= 4 is 0 Å². The largest absolute Gasteiger partial charge is 0.491 e. The minimum Gasteiger partial charge on any atom is -0.491 e. The van der Waals surface area contributed by atoms with Gasteiger partial charge in [-0.3, -0.25) is 0 Å². The van der Waals surface area contributed by atoms with E-state index in [-0.39, 0.29) is 41.9 Å². The molecule has 4 rings (SSSR count). The topological polar surface area (TPSA) is 27.7 Å². The van der Waals surface area contributed by atoms with Gasteiger partial charge in [-0.25, -0.2) is 4.39 Å². The van der Waals surface area contributed by atoms with Gasteiger partial charge in [0.1, 0.15) is 6.61 Å². The van der Waals surface area contributed by atoms with Crippen LogP contribution < -0.4 is 14.2 Å². The predicted octanol–water partition coefficient (Wildman–Crippen LogP) is 9.82. The van der Waals surface area contributed by atoms with Crippen molar-refractivity contribution in [3.8, 4) is 28.4 Å². The van der Waals surface area contributed by atoms with E-state index in [9.17, 15) is 17.6 Å². The highest BCUT2D eigenvalue weighted by molar-refractivity contribution is 5.65. The van der Waals surface area contributed by atoms with Crippen LogP contribution in [0.1, 0.15) is 64.4 Å². The van der Waals surface area contributed by atoms with Gasteiger partial charge in [-0.15, -0.1) is 0 Å². The molecule has 0 bridgehead atoms. The fourth-order valence-electron chi connectivity index (χ4n) is 5.04. The average molecular weight is 571 g/mol. The lowest BCUT2D eigenvalue weighted by Gasteiger charge is -2.23. The Bertz CT molecular complexity index is 1310. The number of halogens is 4. The zero-order valence-electron chi connectivity index (χ0n) is 23.7. The van der Waals surface area contributed by atoms with Gasteiger partial charge in [0, 0.05) is 11.5 Å². The first-order valence-electron chi connectivity index (χ1n) is 14.5. The van der Waals surface area contributed by atoms with Gasteiger partial charge in [-0.2, -0.15) is 13.2 Å². The van der Waals surface area contributed by atoms with E-state index in [4.69, 9.17) is 14.2 Å². The maximum atomic E-state index is 15.0. The molecule has 0 aliphatic heterocycles. The molecule has 1 aliphatic carbocycles. The molecule has 3 nitrogen and oxygen atoms in total. The average Bonchev–Trinajstić information content (AvgIpc) is 2.99. The molecule has 0 radical (unpaired) electrons. The van der Waals surface area contributed by atoms with Crippen molar-refractivity contribution in [2.75, 3.05) is 13.2 Å². The summed E-state index contributed by atoms with van der Waals surface area (Å²) in [6.45, 7) is 4.37. The molecule has 7 heteroatoms. The Morgan fingerprint density at radius 3 is 1.90 bits per heavy atom. The minimum absolute atomic E-state index is 0.0382. The van der Waals surface area contributed by atoms with Crippen molar-refractivity contribution in [2.45, 2.75) is 65.4 Å². The molecule has 0 fully saturated rings. The summed E-state index contributed by atoms with van der Waals surface area (Å²) in [4.78, 5) is 0. The van der Waals surface area contributed by atoms with Crippen LogP contribution in [0.3, 0.4) is 0 Å². The Labute approximate surface area is 240 Å². The summed E-state index contributed by atoms with van der Waals surface area (Å²) >= 11 is 0. The maximum absolute atomic E-state index is 15.0. The van der Waals surface area contributed by atoms with Crippen molar-refractivity contribution in [1.82, 2.24) is 0 Å². The highest BCUT2D eigenvalue weighted by Crippen LogP contribution is 2.32. The van der Waals surface area contributed by atoms with Crippen LogP contribution >= 0.6 is 0 Å². The summed E-state index contributed by atoms with van der Waals surface area (Å²) in [6.07, 6.45) is 12.7. The molecule has 41 heavy (non-hydrogen) atoms. The minimum atomic E-state index is -1.13. The van der Waals surface area contributed by atoms with Gasteiger partial charge in [0.25, 0.3) is 0 Å². The fraction of sp³-hybridized carbons (Fsp3) is 0.412. The summed E-state index contributed by atoms with van der Waals surface area (Å²) in [5.41, 5.74) is 1.22. The van der Waals surface area contributed by atoms with Gasteiger partial charge in [0.2, 0.25) is 17.5 Å². The number of ether oxygens (including phenoxy) is 3. The lowest BCUT2D eigenvalue weighted by atomic mass is 9.86. The summed E-state index contributed by atoms with van der Waals surface area (Å²) in [5.74, 6) is -3.98. The zero-order valence-corrected chi connectivity index (χ0v) is 23.7. The molecule has 0 saturated carbocycles. The third-order valence-corrected chi connectivity index (χ3v) is 7.46. The van der Waals surface area contributed by atoms with E-state index in [1.165, 1.54) is 56.4 Å². The van der Waals surface area contributed by atoms with E-state index in [2.05, 4.69) is 19.1 Å². The second-order valence-corrected chi connectivity index (χ2v) is 10.5. The molecule has 0 spiro atoms. The number of unbranched alkanes of at least 4 members (excludes halogenated alkanes) is 3. The third kappa shape index (κ3) is 8.05. The molecule has 2 unspecified atom stereocenters. The molecule has 0 saturated heterocycles. The summed E-state index contributed by atoms with van der Waals surface area (Å²) in [5, 5.41) is 0. The van der Waals surface area contributed by atoms with E-state index in [1.807, 2.05) is 0 Å². The van der Waals surface area contributed by atoms with Gasteiger partial charge in [0.15, 0.2) is 23.1 Å². The highest BCUT2D eigenvalue weighted by Gasteiger charge is 2.20. The number of rotatable bonds is 14. The highest BCUT2D eigenvalue weighted by atomic mass is 19.2. The quantitative estimate of drug-likeness (QED) is 0.110. The molecule has 3 aromatic carbocycles. The lowest BCUT2D eigenvalue weighted by molar-refractivity contribution is 0.241. The number of allylic oxidation sites excluding steroid dienone is 1. The molecule has 3 aromatic rings. The van der Waals surface area contributed by atoms with Gasteiger partial charge in [-0.1, -0.05) is 69.0 Å². The van der Waals surface area contributed by atoms with Crippen molar-refractivity contribution in [3.05, 3.63) is 89.5 Å². The van der Waals surface area contributed by atoms with Crippen LogP contribution in [0, 0.1) is 35.1 Å². The molecule has 1 aliphatic rings. The normalized spacial score (nSPS) is 16.5. The summed E-state index contributed by atoms with van der Waals surface area (Å²) < 4.78 is 74.4. The first kappa shape index (κ1) is 30.5. The van der Waals surface area contributed by atoms with Gasteiger partial charge >= 0.3 is 0 Å². The van der Waals surface area contributed by atoms with Crippen molar-refractivity contribution in [3.63, 3.8) is 0 Å². The number of hydrogen-bond acceptors (Lipinski definition) is 3. The van der Waals surface area contributed by atoms with Gasteiger partial charge in [-0.05, 0) is 67.5 Å². The maximum Gasteiger partial charge on any atom is 0.204 e. The van der Waals surface area contributed by atoms with Crippen LogP contribution in [0.25, 0.3) is 11.1 Å². The smallest absolute Gasteiger partial charge is 0.204 e. The SMILES string of the molecule is CCCCCCC1C=CC(COc2ccc(-c3ccc(COc4ccc(OCC)c(F)c4F)cc3)c(F)c2F)CC1. The molecule has 2 atom stereocenters. The van der Waals surface area contributed by atoms with Crippen LogP contribution in [0.2, 0.25) is 0 Å². The standard InChI is InChI=1S/C34H38F4O3/c1-3-5-6-7-8-23-9-11-24(12-10-23)21-40-29-18-17-27(31(35)32(29)36)26-15-13-25(14-16-26)22-41-30-20-19-28(39-4-2)33(37)34(30)38/h9,11,13-20,23-24H,3-8,10,12,21-22H2,1-2H3. The summed E-state index contributed by atoms with van der Waals surface area (Å²) in [6, 6.07) is 12.1. The van der Waals surface area contributed by atoms with Crippen molar-refractivity contribution in [1.29, 1.82) is 0 Å². The second-order valence-electron chi connectivity index (χ2n) is 10.5. The van der Waals surface area contributed by atoms with Gasteiger partial charge < -0.3 is 14.2 Å². The summed E-state index contributed by atoms with van der Waals surface area (Å²) in [7, 11) is 0. The van der Waals surface area contributed by atoms with Crippen LogP contribution in [0.4, 0.5) is 17.6 Å². The number of hydrogen-bond donors (Lipinski definition) is 0. The molecule has 220 valence electrons. The van der Waals surface area contributed by atoms with E-state index in [0.717, 1.165) is 12.8 Å².